The molecule has 198 valence electrons. The molecule has 0 saturated carbocycles. The maximum atomic E-state index is 15.1. The summed E-state index contributed by atoms with van der Waals surface area (Å²) in [5, 5.41) is 12.2. The summed E-state index contributed by atoms with van der Waals surface area (Å²) in [6.45, 7) is 0. The highest BCUT2D eigenvalue weighted by Crippen LogP contribution is 2.43. The van der Waals surface area contributed by atoms with Gasteiger partial charge >= 0.3 is 0 Å². The summed E-state index contributed by atoms with van der Waals surface area (Å²) < 4.78 is 15.1. The van der Waals surface area contributed by atoms with Crippen LogP contribution in [0, 0.1) is 0 Å². The quantitative estimate of drug-likeness (QED) is 0.120. The molecule has 0 aliphatic rings. The Kier molecular flexibility index (Phi) is 5.81. The van der Waals surface area contributed by atoms with Crippen molar-refractivity contribution in [2.24, 2.45) is 0 Å². The van der Waals surface area contributed by atoms with Crippen LogP contribution in [0.1, 0.15) is 0 Å². The Morgan fingerprint density at radius 1 is 0.310 bits per heavy atom. The van der Waals surface area contributed by atoms with Crippen LogP contribution in [-0.4, -0.2) is 0 Å². The molecule has 1 nitrogen and oxygen atoms in total. The van der Waals surface area contributed by atoms with Gasteiger partial charge in [0.25, 0.3) is 0 Å². The third-order valence-corrected chi connectivity index (χ3v) is 11.5. The first-order chi connectivity index (χ1) is 20.7. The Hall–Kier alpha value is -4.97. The van der Waals surface area contributed by atoms with Gasteiger partial charge in [0.2, 0.25) is 0 Å². The molecular formula is C40H27OP. The Morgan fingerprint density at radius 3 is 1.57 bits per heavy atom. The predicted molar refractivity (Wildman–Crippen MR) is 181 cm³/mol. The molecule has 0 aromatic heterocycles. The molecule has 8 aromatic rings. The number of benzene rings is 8. The van der Waals surface area contributed by atoms with E-state index in [4.69, 9.17) is 0 Å². The van der Waals surface area contributed by atoms with Gasteiger partial charge in [-0.3, -0.25) is 0 Å². The lowest BCUT2D eigenvalue weighted by Gasteiger charge is -2.21. The average Bonchev–Trinajstić information content (AvgIpc) is 3.07. The fourth-order valence-corrected chi connectivity index (χ4v) is 8.91. The van der Waals surface area contributed by atoms with Crippen LogP contribution in [0.3, 0.4) is 0 Å². The predicted octanol–water partition coefficient (Wildman–Crippen LogP) is 9.61. The van der Waals surface area contributed by atoms with Crippen molar-refractivity contribution in [2.45, 2.75) is 0 Å². The van der Waals surface area contributed by atoms with Gasteiger partial charge in [-0.1, -0.05) is 140 Å². The van der Waals surface area contributed by atoms with Crippen molar-refractivity contribution in [2.75, 3.05) is 0 Å². The molecule has 1 unspecified atom stereocenters. The first-order valence-electron chi connectivity index (χ1n) is 14.3. The van der Waals surface area contributed by atoms with E-state index in [0.717, 1.165) is 37.8 Å². The molecule has 0 bridgehead atoms. The second-order valence-electron chi connectivity index (χ2n) is 10.9. The molecule has 8 rings (SSSR count). The standard InChI is InChI=1S/C40H27OP/c41-42(36-12-2-1-3-13-36,38-23-20-28-8-4-5-10-32(28)25-38)37-21-18-29(19-22-37)34-16-14-30-15-17-35-24-31-9-6-7-11-33(31)26-40(35)39(30)27-34/h1-27H. The van der Waals surface area contributed by atoms with Gasteiger partial charge in [0.05, 0.1) is 0 Å². The Balaban J connectivity index is 1.25. The summed E-state index contributed by atoms with van der Waals surface area (Å²) in [4.78, 5) is 0. The van der Waals surface area contributed by atoms with E-state index in [2.05, 4.69) is 115 Å². The minimum Gasteiger partial charge on any atom is -0.309 e. The number of hydrogen-bond donors (Lipinski definition) is 0. The van der Waals surface area contributed by atoms with Gasteiger partial charge in [-0.2, -0.15) is 0 Å². The van der Waals surface area contributed by atoms with Gasteiger partial charge in [-0.15, -0.1) is 0 Å². The van der Waals surface area contributed by atoms with Crippen LogP contribution < -0.4 is 15.9 Å². The monoisotopic (exact) mass is 554 g/mol. The fourth-order valence-electron chi connectivity index (χ4n) is 6.24. The Morgan fingerprint density at radius 2 is 0.810 bits per heavy atom. The van der Waals surface area contributed by atoms with Gasteiger partial charge in [-0.05, 0) is 78.5 Å². The van der Waals surface area contributed by atoms with E-state index < -0.39 is 7.14 Å². The maximum absolute atomic E-state index is 15.1. The largest absolute Gasteiger partial charge is 0.309 e. The lowest BCUT2D eigenvalue weighted by Crippen LogP contribution is -2.25. The van der Waals surface area contributed by atoms with Crippen LogP contribution in [0.25, 0.3) is 54.2 Å². The molecule has 0 saturated heterocycles. The van der Waals surface area contributed by atoms with E-state index >= 15 is 4.57 Å². The second-order valence-corrected chi connectivity index (χ2v) is 13.7. The van der Waals surface area contributed by atoms with Crippen LogP contribution in [0.5, 0.6) is 0 Å². The molecule has 0 aliphatic heterocycles. The van der Waals surface area contributed by atoms with Crippen molar-refractivity contribution in [1.29, 1.82) is 0 Å². The second kappa shape index (κ2) is 9.84. The molecular weight excluding hydrogens is 527 g/mol. The maximum Gasteiger partial charge on any atom is 0.171 e. The fraction of sp³-hybridized carbons (Fsp3) is 0. The molecule has 8 aromatic carbocycles. The van der Waals surface area contributed by atoms with Crippen molar-refractivity contribution in [3.8, 4) is 11.1 Å². The first-order valence-corrected chi connectivity index (χ1v) is 16.0. The van der Waals surface area contributed by atoms with Gasteiger partial charge in [0.15, 0.2) is 7.14 Å². The summed E-state index contributed by atoms with van der Waals surface area (Å²) in [7, 11) is -3.09. The molecule has 2 heteroatoms. The van der Waals surface area contributed by atoms with E-state index in [9.17, 15) is 0 Å². The third kappa shape index (κ3) is 4.05. The van der Waals surface area contributed by atoms with E-state index in [-0.39, 0.29) is 0 Å². The molecule has 0 aliphatic carbocycles. The van der Waals surface area contributed by atoms with Gasteiger partial charge < -0.3 is 4.57 Å². The minimum atomic E-state index is -3.09. The highest BCUT2D eigenvalue weighted by molar-refractivity contribution is 7.85. The van der Waals surface area contributed by atoms with E-state index in [1.54, 1.807) is 0 Å². The minimum absolute atomic E-state index is 0.838. The van der Waals surface area contributed by atoms with Crippen molar-refractivity contribution < 1.29 is 4.57 Å². The van der Waals surface area contributed by atoms with Crippen LogP contribution >= 0.6 is 7.14 Å². The number of rotatable bonds is 4. The van der Waals surface area contributed by atoms with Gasteiger partial charge in [0, 0.05) is 15.9 Å². The van der Waals surface area contributed by atoms with Crippen molar-refractivity contribution in [1.82, 2.24) is 0 Å². The van der Waals surface area contributed by atoms with Gasteiger partial charge in [-0.25, -0.2) is 0 Å². The van der Waals surface area contributed by atoms with Crippen molar-refractivity contribution in [3.63, 3.8) is 0 Å². The molecule has 0 N–H and O–H groups in total. The normalized spacial score (nSPS) is 13.0. The van der Waals surface area contributed by atoms with Gasteiger partial charge in [0.1, 0.15) is 0 Å². The molecule has 0 radical (unpaired) electrons. The molecule has 0 fully saturated rings. The average molecular weight is 555 g/mol. The zero-order chi connectivity index (χ0) is 28.1. The molecule has 0 amide bonds. The molecule has 1 atom stereocenters. The number of fused-ring (bicyclic) bond motifs is 5. The highest BCUT2D eigenvalue weighted by Gasteiger charge is 2.29. The van der Waals surface area contributed by atoms with Crippen LogP contribution in [-0.2, 0) is 4.57 Å². The van der Waals surface area contributed by atoms with E-state index in [1.807, 2.05) is 48.5 Å². The lowest BCUT2D eigenvalue weighted by molar-refractivity contribution is 0.592. The highest BCUT2D eigenvalue weighted by atomic mass is 31.2. The third-order valence-electron chi connectivity index (χ3n) is 8.48. The summed E-state index contributed by atoms with van der Waals surface area (Å²) in [5.74, 6) is 0. The number of hydrogen-bond acceptors (Lipinski definition) is 1. The van der Waals surface area contributed by atoms with E-state index in [0.29, 0.717) is 0 Å². The van der Waals surface area contributed by atoms with Crippen LogP contribution in [0.15, 0.2) is 164 Å². The topological polar surface area (TPSA) is 17.1 Å². The molecule has 0 heterocycles. The SMILES string of the molecule is O=P(c1ccccc1)(c1ccc(-c2ccc3ccc4cc5ccccc5cc4c3c2)cc1)c1ccc2ccccc2c1. The van der Waals surface area contributed by atoms with Crippen molar-refractivity contribution in [3.05, 3.63) is 164 Å². The van der Waals surface area contributed by atoms with E-state index in [1.165, 1.54) is 32.3 Å². The zero-order valence-electron chi connectivity index (χ0n) is 22.9. The lowest BCUT2D eigenvalue weighted by atomic mass is 9.95. The van der Waals surface area contributed by atoms with Crippen molar-refractivity contribution >= 4 is 66.1 Å². The summed E-state index contributed by atoms with van der Waals surface area (Å²) in [5.41, 5.74) is 2.26. The summed E-state index contributed by atoms with van der Waals surface area (Å²) >= 11 is 0. The Bertz CT molecular complexity index is 2320. The smallest absolute Gasteiger partial charge is 0.171 e. The first kappa shape index (κ1) is 24.8. The van der Waals surface area contributed by atoms with Crippen LogP contribution in [0.4, 0.5) is 0 Å². The molecule has 0 spiro atoms. The van der Waals surface area contributed by atoms with Crippen LogP contribution in [0.2, 0.25) is 0 Å². The summed E-state index contributed by atoms with van der Waals surface area (Å²) in [6, 6.07) is 56.9. The zero-order valence-corrected chi connectivity index (χ0v) is 23.8. The molecule has 42 heavy (non-hydrogen) atoms. The Labute approximate surface area is 245 Å². The summed E-state index contributed by atoms with van der Waals surface area (Å²) in [6.07, 6.45) is 0.